The molecule has 0 aliphatic rings. The highest BCUT2D eigenvalue weighted by Gasteiger charge is 2.14. The lowest BCUT2D eigenvalue weighted by Crippen LogP contribution is -2.02. The molecule has 6 heteroatoms. The lowest BCUT2D eigenvalue weighted by Gasteiger charge is -2.09. The summed E-state index contributed by atoms with van der Waals surface area (Å²) in [6.45, 7) is 6.23. The number of nitrogens with zero attached hydrogens (tertiary/aromatic N) is 2. The Labute approximate surface area is 160 Å². The number of phenols is 1. The second-order valence-corrected chi connectivity index (χ2v) is 7.19. The van der Waals surface area contributed by atoms with E-state index in [0.29, 0.717) is 23.4 Å². The number of aryl methyl sites for hydroxylation is 1. The molecule has 0 saturated heterocycles. The molecule has 0 atom stereocenters. The zero-order chi connectivity index (χ0) is 19.0. The maximum absolute atomic E-state index is 12.0. The molecule has 2 aromatic carbocycles. The predicted molar refractivity (Wildman–Crippen MR) is 108 cm³/mol. The fourth-order valence-electron chi connectivity index (χ4n) is 3.15. The number of allylic oxidation sites excluding steroid dienone is 1. The summed E-state index contributed by atoms with van der Waals surface area (Å²) in [6.07, 6.45) is 1.84. The van der Waals surface area contributed by atoms with Crippen molar-refractivity contribution in [3.05, 3.63) is 76.7 Å². The van der Waals surface area contributed by atoms with Crippen LogP contribution in [0.25, 0.3) is 22.0 Å². The Balaban J connectivity index is 1.75. The van der Waals surface area contributed by atoms with Crippen LogP contribution < -0.4 is 5.63 Å². The number of phenolic OH excluding ortho intramolecular Hbond substituents is 1. The number of para-hydroxylation sites is 2. The van der Waals surface area contributed by atoms with E-state index in [-0.39, 0.29) is 5.75 Å². The van der Waals surface area contributed by atoms with E-state index in [1.165, 1.54) is 6.07 Å². The summed E-state index contributed by atoms with van der Waals surface area (Å²) in [7, 11) is 0. The Bertz CT molecular complexity index is 1220. The number of imidazole rings is 1. The van der Waals surface area contributed by atoms with E-state index in [9.17, 15) is 9.90 Å². The Morgan fingerprint density at radius 2 is 2.11 bits per heavy atom. The molecule has 0 fully saturated rings. The van der Waals surface area contributed by atoms with E-state index in [4.69, 9.17) is 9.40 Å². The summed E-state index contributed by atoms with van der Waals surface area (Å²) in [4.78, 5) is 16.7. The molecule has 136 valence electrons. The van der Waals surface area contributed by atoms with Gasteiger partial charge in [-0.3, -0.25) is 0 Å². The van der Waals surface area contributed by atoms with Crippen LogP contribution in [-0.4, -0.2) is 14.7 Å². The van der Waals surface area contributed by atoms with Gasteiger partial charge in [-0.2, -0.15) is 0 Å². The third-order valence-corrected chi connectivity index (χ3v) is 5.53. The van der Waals surface area contributed by atoms with E-state index in [2.05, 4.69) is 11.1 Å². The molecule has 4 rings (SSSR count). The van der Waals surface area contributed by atoms with E-state index in [1.54, 1.807) is 30.8 Å². The third kappa shape index (κ3) is 3.13. The van der Waals surface area contributed by atoms with Gasteiger partial charge in [0.2, 0.25) is 0 Å². The van der Waals surface area contributed by atoms with Crippen LogP contribution in [-0.2, 0) is 12.3 Å². The Kier molecular flexibility index (Phi) is 4.49. The number of aromatic nitrogens is 2. The third-order valence-electron chi connectivity index (χ3n) is 4.51. The molecule has 0 bridgehead atoms. The quantitative estimate of drug-likeness (QED) is 0.311. The van der Waals surface area contributed by atoms with Gasteiger partial charge in [0.05, 0.1) is 11.0 Å². The normalized spacial score (nSPS) is 11.3. The average molecular weight is 378 g/mol. The highest BCUT2D eigenvalue weighted by atomic mass is 32.2. The minimum Gasteiger partial charge on any atom is -0.508 e. The van der Waals surface area contributed by atoms with Crippen LogP contribution in [0.15, 0.2) is 69.5 Å². The van der Waals surface area contributed by atoms with Gasteiger partial charge in [0.15, 0.2) is 5.16 Å². The van der Waals surface area contributed by atoms with Crippen molar-refractivity contribution in [1.29, 1.82) is 0 Å². The zero-order valence-electron chi connectivity index (χ0n) is 14.8. The second kappa shape index (κ2) is 6.96. The molecule has 0 saturated carbocycles. The van der Waals surface area contributed by atoms with Crippen LogP contribution in [0, 0.1) is 6.92 Å². The van der Waals surface area contributed by atoms with Crippen LogP contribution >= 0.6 is 11.8 Å². The summed E-state index contributed by atoms with van der Waals surface area (Å²) >= 11 is 1.56. The molecule has 1 N–H and O–H groups in total. The van der Waals surface area contributed by atoms with E-state index < -0.39 is 5.63 Å². The van der Waals surface area contributed by atoms with Gasteiger partial charge < -0.3 is 14.1 Å². The van der Waals surface area contributed by atoms with Gasteiger partial charge in [0.25, 0.3) is 0 Å². The molecule has 0 unspecified atom stereocenters. The Morgan fingerprint density at radius 3 is 2.93 bits per heavy atom. The van der Waals surface area contributed by atoms with Gasteiger partial charge in [0.1, 0.15) is 11.3 Å². The summed E-state index contributed by atoms with van der Waals surface area (Å²) in [5.74, 6) is 0.676. The van der Waals surface area contributed by atoms with Crippen molar-refractivity contribution in [2.24, 2.45) is 0 Å². The standard InChI is InChI=1S/C21H18N2O3S/c1-3-10-23-17-7-5-4-6-16(17)22-21(23)27-12-14-11-19(25)26-20-13(2)18(24)9-8-15(14)20/h3-9,11,24H,1,10,12H2,2H3. The van der Waals surface area contributed by atoms with Crippen LogP contribution in [0.1, 0.15) is 11.1 Å². The Hall–Kier alpha value is -2.99. The first-order chi connectivity index (χ1) is 13.1. The van der Waals surface area contributed by atoms with Crippen molar-refractivity contribution in [2.75, 3.05) is 0 Å². The van der Waals surface area contributed by atoms with Crippen molar-refractivity contribution in [1.82, 2.24) is 9.55 Å². The van der Waals surface area contributed by atoms with Crippen LogP contribution in [0.4, 0.5) is 0 Å². The first-order valence-electron chi connectivity index (χ1n) is 8.52. The number of hydrogen-bond acceptors (Lipinski definition) is 5. The molecular formula is C21H18N2O3S. The monoisotopic (exact) mass is 378 g/mol. The first-order valence-corrected chi connectivity index (χ1v) is 9.51. The smallest absolute Gasteiger partial charge is 0.336 e. The predicted octanol–water partition coefficient (Wildman–Crippen LogP) is 4.64. The minimum atomic E-state index is -0.425. The molecule has 0 aliphatic heterocycles. The summed E-state index contributed by atoms with van der Waals surface area (Å²) in [5.41, 5.74) is 3.41. The number of hydrogen-bond donors (Lipinski definition) is 1. The molecule has 4 aromatic rings. The van der Waals surface area contributed by atoms with Crippen LogP contribution in [0.2, 0.25) is 0 Å². The van der Waals surface area contributed by atoms with Gasteiger partial charge in [-0.1, -0.05) is 30.0 Å². The number of rotatable bonds is 5. The van der Waals surface area contributed by atoms with Gasteiger partial charge in [0, 0.05) is 29.3 Å². The van der Waals surface area contributed by atoms with Crippen LogP contribution in [0.5, 0.6) is 5.75 Å². The summed E-state index contributed by atoms with van der Waals surface area (Å²) < 4.78 is 7.43. The minimum absolute atomic E-state index is 0.114. The second-order valence-electron chi connectivity index (χ2n) is 6.25. The SMILES string of the molecule is C=CCn1c(SCc2cc(=O)oc3c(C)c(O)ccc23)nc2ccccc21. The summed E-state index contributed by atoms with van der Waals surface area (Å²) in [5, 5.41) is 11.6. The van der Waals surface area contributed by atoms with Gasteiger partial charge in [-0.05, 0) is 36.8 Å². The molecule has 0 aliphatic carbocycles. The van der Waals surface area contributed by atoms with E-state index in [0.717, 1.165) is 27.1 Å². The lowest BCUT2D eigenvalue weighted by atomic mass is 10.1. The van der Waals surface area contributed by atoms with Gasteiger partial charge in [-0.15, -0.1) is 6.58 Å². The lowest BCUT2D eigenvalue weighted by molar-refractivity contribution is 0.468. The van der Waals surface area contributed by atoms with E-state index in [1.807, 2.05) is 30.3 Å². The van der Waals surface area contributed by atoms with Gasteiger partial charge >= 0.3 is 5.63 Å². The Morgan fingerprint density at radius 1 is 1.30 bits per heavy atom. The fraction of sp³-hybridized carbons (Fsp3) is 0.143. The molecule has 0 radical (unpaired) electrons. The molecule has 2 aromatic heterocycles. The van der Waals surface area contributed by atoms with Crippen molar-refractivity contribution in [2.45, 2.75) is 24.4 Å². The highest BCUT2D eigenvalue weighted by molar-refractivity contribution is 7.98. The van der Waals surface area contributed by atoms with Crippen molar-refractivity contribution >= 4 is 33.8 Å². The molecule has 0 spiro atoms. The van der Waals surface area contributed by atoms with Gasteiger partial charge in [-0.25, -0.2) is 9.78 Å². The highest BCUT2D eigenvalue weighted by Crippen LogP contribution is 2.32. The molecule has 0 amide bonds. The number of aromatic hydroxyl groups is 1. The zero-order valence-corrected chi connectivity index (χ0v) is 15.6. The molecule has 27 heavy (non-hydrogen) atoms. The largest absolute Gasteiger partial charge is 0.508 e. The maximum atomic E-state index is 12.0. The number of benzene rings is 2. The fourth-order valence-corrected chi connectivity index (χ4v) is 4.16. The van der Waals surface area contributed by atoms with Crippen LogP contribution in [0.3, 0.4) is 0 Å². The van der Waals surface area contributed by atoms with Crippen molar-refractivity contribution in [3.8, 4) is 5.75 Å². The van der Waals surface area contributed by atoms with E-state index >= 15 is 0 Å². The first kappa shape index (κ1) is 17.4. The topological polar surface area (TPSA) is 68.3 Å². The number of thioether (sulfide) groups is 1. The average Bonchev–Trinajstić information content (AvgIpc) is 3.01. The van der Waals surface area contributed by atoms with Crippen molar-refractivity contribution < 1.29 is 9.52 Å². The summed E-state index contributed by atoms with van der Waals surface area (Å²) in [6, 6.07) is 12.9. The molecule has 5 nitrogen and oxygen atoms in total. The maximum Gasteiger partial charge on any atom is 0.336 e. The molecular weight excluding hydrogens is 360 g/mol. The number of fused-ring (bicyclic) bond motifs is 2. The van der Waals surface area contributed by atoms with Crippen molar-refractivity contribution in [3.63, 3.8) is 0 Å². The molecule has 2 heterocycles.